The maximum atomic E-state index is 5.74. The van der Waals surface area contributed by atoms with Crippen LogP contribution in [0, 0.1) is 0 Å². The van der Waals surface area contributed by atoms with E-state index in [1.165, 1.54) is 0 Å². The van der Waals surface area contributed by atoms with Crippen LogP contribution in [0.2, 0.25) is 0 Å². The van der Waals surface area contributed by atoms with E-state index in [1.807, 2.05) is 27.7 Å². The fourth-order valence-corrected chi connectivity index (χ4v) is 1.23. The Hall–Kier alpha value is -0.120. The predicted molar refractivity (Wildman–Crippen MR) is 45.3 cm³/mol. The Morgan fingerprint density at radius 3 is 1.75 bits per heavy atom. The minimum Gasteiger partial charge on any atom is -0.313 e. The molecule has 12 heavy (non-hydrogen) atoms. The van der Waals surface area contributed by atoms with E-state index >= 15 is 0 Å². The highest BCUT2D eigenvalue weighted by molar-refractivity contribution is 4.74. The highest BCUT2D eigenvalue weighted by Gasteiger charge is 2.47. The molecule has 72 valence electrons. The van der Waals surface area contributed by atoms with E-state index in [-0.39, 0.29) is 0 Å². The molecular weight excluding hydrogens is 156 g/mol. The third-order valence-electron chi connectivity index (χ3n) is 2.49. The molecule has 1 unspecified atom stereocenters. The molecule has 0 aromatic heterocycles. The van der Waals surface area contributed by atoms with Crippen molar-refractivity contribution in [2.45, 2.75) is 58.5 Å². The van der Waals surface area contributed by atoms with Gasteiger partial charge in [-0.1, -0.05) is 20.8 Å². The number of rotatable bonds is 3. The molecule has 1 aliphatic heterocycles. The number of hydrogen-bond acceptors (Lipinski definition) is 3. The minimum atomic E-state index is -0.550. The maximum Gasteiger partial charge on any atom is 0.204 e. The lowest BCUT2D eigenvalue weighted by Crippen LogP contribution is -2.33. The molecule has 0 spiro atoms. The van der Waals surface area contributed by atoms with Crippen LogP contribution in [0.3, 0.4) is 0 Å². The van der Waals surface area contributed by atoms with Gasteiger partial charge in [0.1, 0.15) is 0 Å². The summed E-state index contributed by atoms with van der Waals surface area (Å²) in [6.07, 6.45) is 2.44. The molecule has 0 N–H and O–H groups in total. The average molecular weight is 174 g/mol. The van der Waals surface area contributed by atoms with Gasteiger partial charge in [0.15, 0.2) is 0 Å². The molecule has 3 nitrogen and oxygen atoms in total. The first-order chi connectivity index (χ1) is 5.60. The monoisotopic (exact) mass is 174 g/mol. The van der Waals surface area contributed by atoms with Gasteiger partial charge in [-0.05, 0) is 6.92 Å². The molecule has 0 aliphatic carbocycles. The van der Waals surface area contributed by atoms with Crippen molar-refractivity contribution in [2.24, 2.45) is 0 Å². The zero-order chi connectivity index (χ0) is 9.24. The largest absolute Gasteiger partial charge is 0.313 e. The van der Waals surface area contributed by atoms with Gasteiger partial charge in [0.2, 0.25) is 11.6 Å². The van der Waals surface area contributed by atoms with Crippen LogP contribution in [0.1, 0.15) is 47.0 Å². The maximum absolute atomic E-state index is 5.74. The van der Waals surface area contributed by atoms with Crippen molar-refractivity contribution in [3.63, 3.8) is 0 Å². The van der Waals surface area contributed by atoms with Crippen molar-refractivity contribution in [3.05, 3.63) is 0 Å². The summed E-state index contributed by atoms with van der Waals surface area (Å²) in [7, 11) is 0. The molecule has 1 saturated heterocycles. The Balaban J connectivity index is 2.64. The lowest BCUT2D eigenvalue weighted by Gasteiger charge is -2.24. The fraction of sp³-hybridized carbons (Fsp3) is 1.00. The van der Waals surface area contributed by atoms with Crippen molar-refractivity contribution >= 4 is 0 Å². The molecule has 0 aromatic carbocycles. The van der Waals surface area contributed by atoms with Crippen LogP contribution in [0.5, 0.6) is 0 Å². The summed E-state index contributed by atoms with van der Waals surface area (Å²) in [5.74, 6) is -1.06. The van der Waals surface area contributed by atoms with Crippen LogP contribution in [0.4, 0.5) is 0 Å². The van der Waals surface area contributed by atoms with Gasteiger partial charge < -0.3 is 4.74 Å². The highest BCUT2D eigenvalue weighted by atomic mass is 17.3. The zero-order valence-electron chi connectivity index (χ0n) is 8.35. The smallest absolute Gasteiger partial charge is 0.204 e. The minimum absolute atomic E-state index is 0.509. The summed E-state index contributed by atoms with van der Waals surface area (Å²) in [5, 5.41) is 0. The molecule has 0 amide bonds. The van der Waals surface area contributed by atoms with E-state index in [0.29, 0.717) is 0 Å². The summed E-state index contributed by atoms with van der Waals surface area (Å²) < 4.78 is 5.74. The first-order valence-electron chi connectivity index (χ1n) is 4.67. The van der Waals surface area contributed by atoms with Crippen molar-refractivity contribution < 1.29 is 14.5 Å². The average Bonchev–Trinajstić information content (AvgIpc) is 2.46. The standard InChI is InChI=1S/C9H18O3/c1-5-8(4)10-9(6-2,7-3)12-11-8/h5-7H2,1-4H3. The molecular formula is C9H18O3. The van der Waals surface area contributed by atoms with Gasteiger partial charge in [0.05, 0.1) is 0 Å². The third kappa shape index (κ3) is 1.63. The lowest BCUT2D eigenvalue weighted by atomic mass is 10.1. The second-order valence-electron chi connectivity index (χ2n) is 3.37. The summed E-state index contributed by atoms with van der Waals surface area (Å²) in [6, 6.07) is 0. The van der Waals surface area contributed by atoms with Crippen LogP contribution in [-0.2, 0) is 14.5 Å². The van der Waals surface area contributed by atoms with Gasteiger partial charge >= 0.3 is 0 Å². The first kappa shape index (κ1) is 9.96. The van der Waals surface area contributed by atoms with Gasteiger partial charge in [-0.2, -0.15) is 9.78 Å². The Morgan fingerprint density at radius 1 is 0.917 bits per heavy atom. The predicted octanol–water partition coefficient (Wildman–Crippen LogP) is 2.61. The number of hydrogen-bond donors (Lipinski definition) is 0. The summed E-state index contributed by atoms with van der Waals surface area (Å²) in [4.78, 5) is 10.4. The van der Waals surface area contributed by atoms with Crippen LogP contribution >= 0.6 is 0 Å². The van der Waals surface area contributed by atoms with Crippen molar-refractivity contribution in [1.29, 1.82) is 0 Å². The summed E-state index contributed by atoms with van der Waals surface area (Å²) >= 11 is 0. The van der Waals surface area contributed by atoms with Crippen LogP contribution in [0.25, 0.3) is 0 Å². The number of ether oxygens (including phenoxy) is 1. The highest BCUT2D eigenvalue weighted by Crippen LogP contribution is 2.38. The molecule has 1 heterocycles. The van der Waals surface area contributed by atoms with Crippen molar-refractivity contribution in [2.75, 3.05) is 0 Å². The van der Waals surface area contributed by atoms with E-state index in [4.69, 9.17) is 14.5 Å². The lowest BCUT2D eigenvalue weighted by molar-refractivity contribution is -0.348. The molecule has 0 radical (unpaired) electrons. The second-order valence-corrected chi connectivity index (χ2v) is 3.37. The SMILES string of the molecule is CCC1(C)OOC(CC)(CC)O1. The van der Waals surface area contributed by atoms with E-state index in [0.717, 1.165) is 19.3 Å². The Kier molecular flexibility index (Phi) is 2.76. The van der Waals surface area contributed by atoms with E-state index in [9.17, 15) is 0 Å². The van der Waals surface area contributed by atoms with E-state index in [1.54, 1.807) is 0 Å². The van der Waals surface area contributed by atoms with E-state index in [2.05, 4.69) is 0 Å². The van der Waals surface area contributed by atoms with Gasteiger partial charge in [0, 0.05) is 19.3 Å². The molecule has 0 bridgehead atoms. The van der Waals surface area contributed by atoms with E-state index < -0.39 is 11.6 Å². The molecule has 1 aliphatic rings. The molecule has 0 aromatic rings. The van der Waals surface area contributed by atoms with Gasteiger partial charge in [-0.15, -0.1) is 0 Å². The van der Waals surface area contributed by atoms with Crippen LogP contribution in [-0.4, -0.2) is 11.6 Å². The summed E-state index contributed by atoms with van der Waals surface area (Å²) in [6.45, 7) is 7.99. The third-order valence-corrected chi connectivity index (χ3v) is 2.49. The molecule has 0 saturated carbocycles. The molecule has 3 heteroatoms. The Morgan fingerprint density at radius 2 is 1.50 bits per heavy atom. The van der Waals surface area contributed by atoms with Crippen LogP contribution in [0.15, 0.2) is 0 Å². The van der Waals surface area contributed by atoms with Gasteiger partial charge in [-0.25, -0.2) is 0 Å². The first-order valence-corrected chi connectivity index (χ1v) is 4.67. The topological polar surface area (TPSA) is 27.7 Å². The quantitative estimate of drug-likeness (QED) is 0.615. The molecule has 1 atom stereocenters. The van der Waals surface area contributed by atoms with Crippen LogP contribution < -0.4 is 0 Å². The Bertz CT molecular complexity index is 154. The normalized spacial score (nSPS) is 34.0. The van der Waals surface area contributed by atoms with Crippen molar-refractivity contribution in [1.82, 2.24) is 0 Å². The summed E-state index contributed by atoms with van der Waals surface area (Å²) in [5.41, 5.74) is 0. The second kappa shape index (κ2) is 3.32. The van der Waals surface area contributed by atoms with Gasteiger partial charge in [-0.3, -0.25) is 0 Å². The van der Waals surface area contributed by atoms with Gasteiger partial charge in [0.25, 0.3) is 0 Å². The fourth-order valence-electron chi connectivity index (χ4n) is 1.23. The molecule has 1 fully saturated rings. The zero-order valence-corrected chi connectivity index (χ0v) is 8.35. The Labute approximate surface area is 73.9 Å². The molecule has 1 rings (SSSR count). The van der Waals surface area contributed by atoms with Crippen molar-refractivity contribution in [3.8, 4) is 0 Å².